The summed E-state index contributed by atoms with van der Waals surface area (Å²) in [6.45, 7) is 8.41. The first kappa shape index (κ1) is 41.1. The maximum absolute atomic E-state index is 15.3. The number of benzene rings is 3. The van der Waals surface area contributed by atoms with Crippen molar-refractivity contribution in [1.29, 1.82) is 0 Å². The molecular formula is C42H43FN8O9. The minimum atomic E-state index is -1.38. The number of pyridine rings is 1. The summed E-state index contributed by atoms with van der Waals surface area (Å²) in [5, 5.41) is 20.6. The Bertz CT molecular complexity index is 2530. The number of imide groups is 1. The van der Waals surface area contributed by atoms with E-state index >= 15 is 4.39 Å². The highest BCUT2D eigenvalue weighted by Gasteiger charge is 2.47. The summed E-state index contributed by atoms with van der Waals surface area (Å²) in [5.74, 6) is -3.37. The summed E-state index contributed by atoms with van der Waals surface area (Å²) in [7, 11) is 0. The average molecular weight is 823 g/mol. The third-order valence-electron chi connectivity index (χ3n) is 10.6. The number of hydrogen-bond donors (Lipinski definition) is 2. The van der Waals surface area contributed by atoms with E-state index in [1.165, 1.54) is 21.7 Å². The first-order chi connectivity index (χ1) is 28.8. The van der Waals surface area contributed by atoms with Crippen molar-refractivity contribution in [3.05, 3.63) is 117 Å². The third kappa shape index (κ3) is 7.99. The van der Waals surface area contributed by atoms with Gasteiger partial charge in [-0.05, 0) is 55.2 Å². The van der Waals surface area contributed by atoms with E-state index in [0.29, 0.717) is 23.3 Å². The summed E-state index contributed by atoms with van der Waals surface area (Å²) in [5.41, 5.74) is 1.31. The van der Waals surface area contributed by atoms with E-state index in [-0.39, 0.29) is 68.0 Å². The molecular weight excluding hydrogens is 780 g/mol. The molecule has 1 unspecified atom stereocenters. The number of halogens is 1. The zero-order chi connectivity index (χ0) is 42.8. The Labute approximate surface area is 342 Å². The maximum atomic E-state index is 15.3. The number of fused-ring (bicyclic) bond motifs is 2. The van der Waals surface area contributed by atoms with E-state index in [2.05, 4.69) is 15.5 Å². The molecule has 7 rings (SSSR count). The van der Waals surface area contributed by atoms with Crippen LogP contribution < -0.4 is 15.6 Å². The van der Waals surface area contributed by atoms with Crippen molar-refractivity contribution in [2.24, 2.45) is 5.92 Å². The van der Waals surface area contributed by atoms with Gasteiger partial charge in [-0.15, -0.1) is 10.2 Å². The van der Waals surface area contributed by atoms with Gasteiger partial charge < -0.3 is 34.3 Å². The molecule has 2 N–H and O–H groups in total. The van der Waals surface area contributed by atoms with Crippen LogP contribution in [0.25, 0.3) is 10.9 Å². The molecule has 1 saturated heterocycles. The van der Waals surface area contributed by atoms with Crippen molar-refractivity contribution in [1.82, 2.24) is 29.1 Å². The molecule has 3 aromatic carbocycles. The highest BCUT2D eigenvalue weighted by atomic mass is 19.1. The SMILES string of the molecule is CCn1cc(C(=O)O)c(=O)c2cc(F)c(N3CCN(C(=O)OCc4ccc(NC(=O)C(C)c5nnc6n5C(=O)N(C(=O)OCc5ccccc5)[C@H]6C(C)C)cc4)CC3)cc21. The average Bonchev–Trinajstić information content (AvgIpc) is 3.81. The number of nitrogens with one attached hydrogen (secondary N) is 1. The molecule has 1 fully saturated rings. The minimum Gasteiger partial charge on any atom is -0.477 e. The number of carboxylic acid groups (broad SMARTS) is 1. The van der Waals surface area contributed by atoms with E-state index < -0.39 is 58.9 Å². The Morgan fingerprint density at radius 2 is 1.53 bits per heavy atom. The summed E-state index contributed by atoms with van der Waals surface area (Å²) in [6, 6.07) is 16.9. The fourth-order valence-electron chi connectivity index (χ4n) is 7.37. The molecule has 18 heteroatoms. The molecule has 0 radical (unpaired) electrons. The molecule has 2 aromatic heterocycles. The van der Waals surface area contributed by atoms with Gasteiger partial charge in [-0.2, -0.15) is 0 Å². The molecule has 60 heavy (non-hydrogen) atoms. The molecule has 5 aromatic rings. The Balaban J connectivity index is 0.923. The van der Waals surface area contributed by atoms with E-state index in [4.69, 9.17) is 9.47 Å². The van der Waals surface area contributed by atoms with Gasteiger partial charge in [-0.3, -0.25) is 9.59 Å². The van der Waals surface area contributed by atoms with Gasteiger partial charge in [0.1, 0.15) is 30.6 Å². The molecule has 0 bridgehead atoms. The van der Waals surface area contributed by atoms with Crippen LogP contribution in [0.1, 0.15) is 72.8 Å². The quantitative estimate of drug-likeness (QED) is 0.159. The van der Waals surface area contributed by atoms with Gasteiger partial charge in [-0.1, -0.05) is 56.3 Å². The Hall–Kier alpha value is -7.11. The molecule has 312 valence electrons. The van der Waals surface area contributed by atoms with Crippen molar-refractivity contribution in [2.75, 3.05) is 36.4 Å². The number of carboxylic acids is 1. The third-order valence-corrected chi connectivity index (χ3v) is 10.6. The summed E-state index contributed by atoms with van der Waals surface area (Å²) in [4.78, 5) is 81.8. The number of nitrogens with zero attached hydrogens (tertiary/aromatic N) is 7. The Kier molecular flexibility index (Phi) is 11.6. The van der Waals surface area contributed by atoms with E-state index in [1.807, 2.05) is 32.0 Å². The lowest BCUT2D eigenvalue weighted by Crippen LogP contribution is -2.49. The van der Waals surface area contributed by atoms with Gasteiger partial charge >= 0.3 is 24.2 Å². The number of carbonyl (C=O) groups excluding carboxylic acids is 4. The van der Waals surface area contributed by atoms with Crippen molar-refractivity contribution >= 4 is 52.4 Å². The molecule has 2 aliphatic rings. The van der Waals surface area contributed by atoms with Crippen LogP contribution in [0.4, 0.5) is 30.1 Å². The smallest absolute Gasteiger partial charge is 0.419 e. The maximum Gasteiger partial charge on any atom is 0.419 e. The Morgan fingerprint density at radius 3 is 2.17 bits per heavy atom. The van der Waals surface area contributed by atoms with Crippen molar-refractivity contribution < 1.29 is 42.9 Å². The number of hydrogen-bond acceptors (Lipinski definition) is 11. The second-order valence-corrected chi connectivity index (χ2v) is 14.9. The lowest BCUT2D eigenvalue weighted by atomic mass is 10.0. The summed E-state index contributed by atoms with van der Waals surface area (Å²) in [6.07, 6.45) is -0.127. The van der Waals surface area contributed by atoms with E-state index in [0.717, 1.165) is 16.5 Å². The van der Waals surface area contributed by atoms with Crippen LogP contribution in [0.5, 0.6) is 0 Å². The number of aromatic carboxylic acids is 1. The highest BCUT2D eigenvalue weighted by molar-refractivity contribution is 5.98. The van der Waals surface area contributed by atoms with Crippen molar-refractivity contribution in [2.45, 2.75) is 59.4 Å². The second kappa shape index (κ2) is 17.0. The van der Waals surface area contributed by atoms with Crippen LogP contribution in [0.15, 0.2) is 77.7 Å². The molecule has 2 atom stereocenters. The lowest BCUT2D eigenvalue weighted by Gasteiger charge is -2.35. The standard InChI is InChI=1S/C42H43FN8O9/c1-5-47-21-30(39(54)55)35(52)29-19-31(43)33(20-32(29)47)48-15-17-49(18-16-48)41(57)59-23-27-11-13-28(14-12-27)44-38(53)25(4)36-45-46-37-34(24(2)3)50(40(56)51(36)37)42(58)60-22-26-9-7-6-8-10-26/h6-14,19-21,24-25,34H,5,15-18,22-23H2,1-4H3,(H,44,53)(H,54,55)/t25?,34-/m0/s1. The predicted octanol–water partition coefficient (Wildman–Crippen LogP) is 5.97. The number of aryl methyl sites for hydroxylation is 1. The molecule has 17 nitrogen and oxygen atoms in total. The van der Waals surface area contributed by atoms with E-state index in [9.17, 15) is 33.9 Å². The Morgan fingerprint density at radius 1 is 0.883 bits per heavy atom. The number of anilines is 2. The number of carbonyl (C=O) groups is 5. The van der Waals surface area contributed by atoms with Crippen LogP contribution in [0, 0.1) is 11.7 Å². The van der Waals surface area contributed by atoms with Crippen LogP contribution in [0.3, 0.4) is 0 Å². The number of amides is 4. The first-order valence-corrected chi connectivity index (χ1v) is 19.4. The zero-order valence-electron chi connectivity index (χ0n) is 33.3. The van der Waals surface area contributed by atoms with E-state index in [1.54, 1.807) is 59.7 Å². The topological polar surface area (TPSA) is 198 Å². The molecule has 0 aliphatic carbocycles. The summed E-state index contributed by atoms with van der Waals surface area (Å²) >= 11 is 0. The van der Waals surface area contributed by atoms with Gasteiger partial charge in [0, 0.05) is 50.0 Å². The van der Waals surface area contributed by atoms with Crippen LogP contribution in [-0.2, 0) is 34.0 Å². The van der Waals surface area contributed by atoms with Gasteiger partial charge in [-0.25, -0.2) is 33.0 Å². The van der Waals surface area contributed by atoms with Crippen molar-refractivity contribution in [3.63, 3.8) is 0 Å². The highest BCUT2D eigenvalue weighted by Crippen LogP contribution is 2.37. The lowest BCUT2D eigenvalue weighted by molar-refractivity contribution is -0.117. The number of rotatable bonds is 11. The molecule has 0 saturated carbocycles. The van der Waals surface area contributed by atoms with Crippen molar-refractivity contribution in [3.8, 4) is 0 Å². The number of aromatic nitrogens is 4. The van der Waals surface area contributed by atoms with Gasteiger partial charge in [0.05, 0.1) is 17.1 Å². The largest absolute Gasteiger partial charge is 0.477 e. The zero-order valence-corrected chi connectivity index (χ0v) is 33.3. The van der Waals surface area contributed by atoms with Crippen LogP contribution in [0.2, 0.25) is 0 Å². The normalized spacial score (nSPS) is 15.6. The van der Waals surface area contributed by atoms with Gasteiger partial charge in [0.25, 0.3) is 0 Å². The molecule has 0 spiro atoms. The fraction of sp³-hybridized carbons (Fsp3) is 0.333. The number of ether oxygens (including phenoxy) is 2. The first-order valence-electron chi connectivity index (χ1n) is 19.4. The monoisotopic (exact) mass is 822 g/mol. The molecule has 4 amide bonds. The van der Waals surface area contributed by atoms with Crippen LogP contribution in [-0.4, -0.2) is 90.5 Å². The molecule has 4 heterocycles. The van der Waals surface area contributed by atoms with Crippen LogP contribution >= 0.6 is 0 Å². The van der Waals surface area contributed by atoms with Gasteiger partial charge in [0.15, 0.2) is 11.6 Å². The summed E-state index contributed by atoms with van der Waals surface area (Å²) < 4.78 is 29.1. The van der Waals surface area contributed by atoms with Gasteiger partial charge in [0.2, 0.25) is 11.3 Å². The molecule has 2 aliphatic heterocycles. The predicted molar refractivity (Wildman–Crippen MR) is 215 cm³/mol. The fourth-order valence-corrected chi connectivity index (χ4v) is 7.37. The minimum absolute atomic E-state index is 0.0224. The number of piperazine rings is 1. The second-order valence-electron chi connectivity index (χ2n) is 14.9.